The molecule has 0 spiro atoms. The zero-order valence-corrected chi connectivity index (χ0v) is 13.2. The number of hydrogen-bond donors (Lipinski definition) is 2. The first-order valence-corrected chi connectivity index (χ1v) is 7.25. The summed E-state index contributed by atoms with van der Waals surface area (Å²) >= 11 is 3.47. The van der Waals surface area contributed by atoms with Crippen molar-refractivity contribution in [1.82, 2.24) is 0 Å². The molecular formula is C15H16BBrO4. The Labute approximate surface area is 132 Å². The predicted molar refractivity (Wildman–Crippen MR) is 85.5 cm³/mol. The average molecular weight is 351 g/mol. The van der Waals surface area contributed by atoms with Crippen molar-refractivity contribution in [3.05, 3.63) is 58.1 Å². The van der Waals surface area contributed by atoms with Gasteiger partial charge in [-0.1, -0.05) is 46.3 Å². The molecule has 0 saturated heterocycles. The fourth-order valence-corrected chi connectivity index (χ4v) is 2.37. The number of methoxy groups -OCH3 is 1. The Morgan fingerprint density at radius 3 is 2.52 bits per heavy atom. The highest BCUT2D eigenvalue weighted by atomic mass is 79.9. The molecule has 2 aromatic rings. The second kappa shape index (κ2) is 7.61. The van der Waals surface area contributed by atoms with E-state index in [1.54, 1.807) is 12.1 Å². The van der Waals surface area contributed by atoms with Gasteiger partial charge in [0.05, 0.1) is 20.3 Å². The number of halogens is 1. The first-order chi connectivity index (χ1) is 10.1. The summed E-state index contributed by atoms with van der Waals surface area (Å²) in [6.07, 6.45) is 0. The molecule has 0 heterocycles. The molecule has 0 aromatic heterocycles. The number of hydrogen-bond acceptors (Lipinski definition) is 4. The van der Waals surface area contributed by atoms with Gasteiger partial charge in [0.2, 0.25) is 0 Å². The molecule has 0 fully saturated rings. The molecular weight excluding hydrogens is 335 g/mol. The van der Waals surface area contributed by atoms with Crippen LogP contribution in [0.15, 0.2) is 46.9 Å². The molecule has 0 unspecified atom stereocenters. The summed E-state index contributed by atoms with van der Waals surface area (Å²) in [5.41, 5.74) is 2.25. The Morgan fingerprint density at radius 2 is 1.86 bits per heavy atom. The summed E-state index contributed by atoms with van der Waals surface area (Å²) in [5, 5.41) is 18.7. The molecule has 0 aliphatic rings. The minimum Gasteiger partial charge on any atom is -0.497 e. The molecule has 0 aliphatic carbocycles. The lowest BCUT2D eigenvalue weighted by Crippen LogP contribution is -2.31. The van der Waals surface area contributed by atoms with E-state index in [0.29, 0.717) is 24.4 Å². The lowest BCUT2D eigenvalue weighted by atomic mass is 9.79. The normalized spacial score (nSPS) is 10.5. The minimum atomic E-state index is -1.57. The Hall–Kier alpha value is -1.34. The van der Waals surface area contributed by atoms with Crippen LogP contribution in [0.4, 0.5) is 0 Å². The Kier molecular flexibility index (Phi) is 5.81. The summed E-state index contributed by atoms with van der Waals surface area (Å²) in [7, 11) is -0.0761. The van der Waals surface area contributed by atoms with Gasteiger partial charge in [-0.3, -0.25) is 0 Å². The smallest absolute Gasteiger partial charge is 0.492 e. The first-order valence-electron chi connectivity index (χ1n) is 6.46. The summed E-state index contributed by atoms with van der Waals surface area (Å²) in [6, 6.07) is 13.1. The van der Waals surface area contributed by atoms with Crippen molar-refractivity contribution in [2.24, 2.45) is 0 Å². The third-order valence-corrected chi connectivity index (χ3v) is 3.83. The molecule has 0 bridgehead atoms. The van der Waals surface area contributed by atoms with Crippen LogP contribution >= 0.6 is 15.9 Å². The van der Waals surface area contributed by atoms with Gasteiger partial charge in [0, 0.05) is 9.94 Å². The summed E-state index contributed by atoms with van der Waals surface area (Å²) < 4.78 is 11.8. The number of benzene rings is 2. The monoisotopic (exact) mass is 350 g/mol. The molecule has 2 aromatic carbocycles. The van der Waals surface area contributed by atoms with Crippen LogP contribution in [0.25, 0.3) is 0 Å². The molecule has 2 N–H and O–H groups in total. The van der Waals surface area contributed by atoms with Gasteiger partial charge in [-0.05, 0) is 23.3 Å². The van der Waals surface area contributed by atoms with Crippen LogP contribution in [-0.2, 0) is 18.0 Å². The zero-order valence-electron chi connectivity index (χ0n) is 11.6. The summed E-state index contributed by atoms with van der Waals surface area (Å²) in [6.45, 7) is 0.857. The van der Waals surface area contributed by atoms with Crippen LogP contribution in [0.2, 0.25) is 0 Å². The van der Waals surface area contributed by atoms with E-state index in [4.69, 9.17) is 9.47 Å². The largest absolute Gasteiger partial charge is 0.497 e. The maximum atomic E-state index is 9.33. The van der Waals surface area contributed by atoms with Crippen molar-refractivity contribution < 1.29 is 19.5 Å². The molecule has 0 atom stereocenters. The van der Waals surface area contributed by atoms with Crippen molar-refractivity contribution in [2.75, 3.05) is 7.11 Å². The highest BCUT2D eigenvalue weighted by molar-refractivity contribution is 9.10. The van der Waals surface area contributed by atoms with Crippen LogP contribution < -0.4 is 10.2 Å². The van der Waals surface area contributed by atoms with Gasteiger partial charge in [0.1, 0.15) is 5.75 Å². The van der Waals surface area contributed by atoms with E-state index in [1.165, 1.54) is 7.11 Å². The predicted octanol–water partition coefficient (Wildman–Crippen LogP) is 1.85. The molecule has 110 valence electrons. The standard InChI is InChI=1S/C15H16BBrO4/c1-20-15-7-6-11(8-13(15)16(18)19)9-21-10-12-4-2-3-5-14(12)17/h2-8,18-19H,9-10H2,1H3. The molecule has 4 nitrogen and oxygen atoms in total. The van der Waals surface area contributed by atoms with Crippen LogP contribution in [0, 0.1) is 0 Å². The highest BCUT2D eigenvalue weighted by Gasteiger charge is 2.17. The van der Waals surface area contributed by atoms with Crippen molar-refractivity contribution in [3.8, 4) is 5.75 Å². The van der Waals surface area contributed by atoms with Gasteiger partial charge >= 0.3 is 7.12 Å². The number of ether oxygens (including phenoxy) is 2. The van der Waals surface area contributed by atoms with Gasteiger partial charge in [-0.15, -0.1) is 0 Å². The number of rotatable bonds is 6. The van der Waals surface area contributed by atoms with Crippen molar-refractivity contribution >= 4 is 28.5 Å². The SMILES string of the molecule is COc1ccc(COCc2ccccc2Br)cc1B(O)O. The van der Waals surface area contributed by atoms with Gasteiger partial charge in [-0.25, -0.2) is 0 Å². The second-order valence-corrected chi connectivity index (χ2v) is 5.39. The minimum absolute atomic E-state index is 0.333. The van der Waals surface area contributed by atoms with Crippen LogP contribution in [0.1, 0.15) is 11.1 Å². The van der Waals surface area contributed by atoms with Crippen LogP contribution in [0.5, 0.6) is 5.75 Å². The molecule has 2 rings (SSSR count). The topological polar surface area (TPSA) is 58.9 Å². The van der Waals surface area contributed by atoms with Crippen molar-refractivity contribution in [1.29, 1.82) is 0 Å². The van der Waals surface area contributed by atoms with E-state index < -0.39 is 7.12 Å². The Balaban J connectivity index is 2.00. The van der Waals surface area contributed by atoms with Crippen LogP contribution in [-0.4, -0.2) is 24.3 Å². The molecule has 0 radical (unpaired) electrons. The quantitative estimate of drug-likeness (QED) is 0.781. The van der Waals surface area contributed by atoms with Crippen molar-refractivity contribution in [2.45, 2.75) is 13.2 Å². The van der Waals surface area contributed by atoms with E-state index in [2.05, 4.69) is 15.9 Å². The molecule has 0 saturated carbocycles. The van der Waals surface area contributed by atoms with Gasteiger partial charge < -0.3 is 19.5 Å². The van der Waals surface area contributed by atoms with Crippen LogP contribution in [0.3, 0.4) is 0 Å². The van der Waals surface area contributed by atoms with E-state index in [9.17, 15) is 10.0 Å². The lowest BCUT2D eigenvalue weighted by Gasteiger charge is -2.11. The molecule has 0 aliphatic heterocycles. The van der Waals surface area contributed by atoms with Gasteiger partial charge in [0.25, 0.3) is 0 Å². The fraction of sp³-hybridized carbons (Fsp3) is 0.200. The highest BCUT2D eigenvalue weighted by Crippen LogP contribution is 2.17. The third kappa shape index (κ3) is 4.31. The third-order valence-electron chi connectivity index (χ3n) is 3.06. The lowest BCUT2D eigenvalue weighted by molar-refractivity contribution is 0.107. The van der Waals surface area contributed by atoms with E-state index in [0.717, 1.165) is 15.6 Å². The van der Waals surface area contributed by atoms with Gasteiger partial charge in [0.15, 0.2) is 0 Å². The van der Waals surface area contributed by atoms with E-state index in [-0.39, 0.29) is 0 Å². The summed E-state index contributed by atoms with van der Waals surface area (Å²) in [4.78, 5) is 0. The van der Waals surface area contributed by atoms with E-state index >= 15 is 0 Å². The van der Waals surface area contributed by atoms with E-state index in [1.807, 2.05) is 30.3 Å². The Morgan fingerprint density at radius 1 is 1.10 bits per heavy atom. The second-order valence-electron chi connectivity index (χ2n) is 4.53. The molecule has 6 heteroatoms. The molecule has 0 amide bonds. The molecule has 21 heavy (non-hydrogen) atoms. The average Bonchev–Trinajstić information content (AvgIpc) is 2.49. The zero-order chi connectivity index (χ0) is 15.2. The fourth-order valence-electron chi connectivity index (χ4n) is 1.97. The van der Waals surface area contributed by atoms with Gasteiger partial charge in [-0.2, -0.15) is 0 Å². The maximum Gasteiger partial charge on any atom is 0.492 e. The first kappa shape index (κ1) is 16.0. The Bertz CT molecular complexity index is 604. The maximum absolute atomic E-state index is 9.33. The summed E-state index contributed by atoms with van der Waals surface area (Å²) in [5.74, 6) is 0.444. The van der Waals surface area contributed by atoms with Crippen molar-refractivity contribution in [3.63, 3.8) is 0 Å².